The largest absolute Gasteiger partial charge is 0.394 e. The Balaban J connectivity index is 2.96. The van der Waals surface area contributed by atoms with E-state index in [1.165, 1.54) is 0 Å². The molecule has 88 valence electrons. The molecule has 0 bridgehead atoms. The molecule has 16 heavy (non-hydrogen) atoms. The van der Waals surface area contributed by atoms with E-state index < -0.39 is 37.2 Å². The van der Waals surface area contributed by atoms with E-state index >= 15 is 0 Å². The second-order valence-corrected chi connectivity index (χ2v) is 3.13. The second kappa shape index (κ2) is 5.52. The molecular weight excluding hydrogens is 220 g/mol. The molecule has 0 amide bonds. The third kappa shape index (κ3) is 2.34. The quantitative estimate of drug-likeness (QED) is 0.335. The van der Waals surface area contributed by atoms with Crippen molar-refractivity contribution in [3.63, 3.8) is 0 Å². The Kier molecular flexibility index (Phi) is 4.32. The van der Waals surface area contributed by atoms with Gasteiger partial charge in [0.15, 0.2) is 6.29 Å². The topological polar surface area (TPSA) is 167 Å². The highest BCUT2D eigenvalue weighted by atomic mass is 16.6. The fourth-order valence-electron chi connectivity index (χ4n) is 1.47. The van der Waals surface area contributed by atoms with Gasteiger partial charge in [0.05, 0.1) is 24.9 Å². The van der Waals surface area contributed by atoms with Crippen LogP contribution in [0.3, 0.4) is 0 Å². The van der Waals surface area contributed by atoms with Crippen LogP contribution in [0.2, 0.25) is 0 Å². The lowest BCUT2D eigenvalue weighted by molar-refractivity contribution is -0.215. The molecule has 1 aliphatic rings. The number of aliphatic hydroxyl groups excluding tert-OH is 3. The first-order chi connectivity index (χ1) is 7.65. The zero-order valence-electron chi connectivity index (χ0n) is 8.03. The van der Waals surface area contributed by atoms with Crippen molar-refractivity contribution in [2.24, 2.45) is 10.2 Å². The van der Waals surface area contributed by atoms with Crippen LogP contribution in [0, 0.1) is 0 Å². The van der Waals surface area contributed by atoms with Crippen molar-refractivity contribution >= 4 is 0 Å². The van der Waals surface area contributed by atoms with Gasteiger partial charge in [-0.25, -0.2) is 0 Å². The Labute approximate surface area is 89.3 Å². The Morgan fingerprint density at radius 1 is 1.12 bits per heavy atom. The van der Waals surface area contributed by atoms with Crippen LogP contribution in [0.25, 0.3) is 20.9 Å². The monoisotopic (exact) mass is 230 g/mol. The molecule has 1 rings (SSSR count). The summed E-state index contributed by atoms with van der Waals surface area (Å²) in [5.74, 6) is 0. The number of aliphatic hydroxyl groups is 3. The lowest BCUT2D eigenvalue weighted by atomic mass is 9.96. The maximum Gasteiger partial charge on any atom is 0.166 e. The van der Waals surface area contributed by atoms with Crippen LogP contribution in [0.4, 0.5) is 0 Å². The van der Waals surface area contributed by atoms with Gasteiger partial charge in [-0.2, -0.15) is 0 Å². The Hall–Kier alpha value is -1.54. The number of rotatable bonds is 3. The van der Waals surface area contributed by atoms with Crippen LogP contribution >= 0.6 is 0 Å². The lowest BCUT2D eigenvalue weighted by Crippen LogP contribution is -2.56. The van der Waals surface area contributed by atoms with Crippen LogP contribution in [-0.2, 0) is 4.74 Å². The minimum Gasteiger partial charge on any atom is -0.394 e. The molecule has 10 heteroatoms. The fourth-order valence-corrected chi connectivity index (χ4v) is 1.47. The van der Waals surface area contributed by atoms with Gasteiger partial charge in [-0.15, -0.1) is 0 Å². The highest BCUT2D eigenvalue weighted by molar-refractivity contribution is 4.97. The zero-order chi connectivity index (χ0) is 12.1. The van der Waals surface area contributed by atoms with Crippen LogP contribution in [-0.4, -0.2) is 52.5 Å². The number of azide groups is 2. The molecule has 0 aliphatic carbocycles. The summed E-state index contributed by atoms with van der Waals surface area (Å²) in [6.07, 6.45) is -3.99. The van der Waals surface area contributed by atoms with E-state index in [2.05, 4.69) is 20.1 Å². The molecule has 10 nitrogen and oxygen atoms in total. The molecule has 3 N–H and O–H groups in total. The van der Waals surface area contributed by atoms with Crippen LogP contribution in [0.1, 0.15) is 0 Å². The number of ether oxygens (including phenoxy) is 1. The molecule has 0 saturated carbocycles. The van der Waals surface area contributed by atoms with Gasteiger partial charge in [0.25, 0.3) is 0 Å². The summed E-state index contributed by atoms with van der Waals surface area (Å²) in [7, 11) is 0. The maximum absolute atomic E-state index is 9.68. The summed E-state index contributed by atoms with van der Waals surface area (Å²) in [4.78, 5) is 4.92. The van der Waals surface area contributed by atoms with Crippen molar-refractivity contribution in [1.29, 1.82) is 0 Å². The molecule has 1 saturated heterocycles. The molecule has 1 heterocycles. The molecule has 0 aromatic carbocycles. The Morgan fingerprint density at radius 2 is 1.69 bits per heavy atom. The molecule has 0 spiro atoms. The minimum atomic E-state index is -1.55. The average Bonchev–Trinajstić information content (AvgIpc) is 2.28. The third-order valence-corrected chi connectivity index (χ3v) is 2.24. The summed E-state index contributed by atoms with van der Waals surface area (Å²) < 4.78 is 4.85. The lowest BCUT2D eigenvalue weighted by Gasteiger charge is -2.38. The van der Waals surface area contributed by atoms with E-state index in [4.69, 9.17) is 20.9 Å². The Bertz CT molecular complexity index is 338. The molecule has 5 atom stereocenters. The van der Waals surface area contributed by atoms with Crippen molar-refractivity contribution in [3.05, 3.63) is 20.9 Å². The van der Waals surface area contributed by atoms with E-state index in [1.807, 2.05) is 0 Å². The van der Waals surface area contributed by atoms with E-state index in [0.717, 1.165) is 0 Å². The number of nitrogens with zero attached hydrogens (tertiary/aromatic N) is 6. The molecule has 1 unspecified atom stereocenters. The molecule has 1 aliphatic heterocycles. The van der Waals surface area contributed by atoms with Crippen LogP contribution in [0.15, 0.2) is 10.2 Å². The first-order valence-corrected chi connectivity index (χ1v) is 4.36. The first kappa shape index (κ1) is 12.5. The zero-order valence-corrected chi connectivity index (χ0v) is 8.03. The van der Waals surface area contributed by atoms with Crippen molar-refractivity contribution < 1.29 is 20.1 Å². The van der Waals surface area contributed by atoms with Crippen molar-refractivity contribution in [2.75, 3.05) is 6.61 Å². The smallest absolute Gasteiger partial charge is 0.166 e. The van der Waals surface area contributed by atoms with Crippen molar-refractivity contribution in [2.45, 2.75) is 30.6 Å². The van der Waals surface area contributed by atoms with E-state index in [-0.39, 0.29) is 0 Å². The van der Waals surface area contributed by atoms with Gasteiger partial charge in [0.1, 0.15) is 6.04 Å². The molecule has 0 radical (unpaired) electrons. The third-order valence-electron chi connectivity index (χ3n) is 2.24. The summed E-state index contributed by atoms with van der Waals surface area (Å²) in [6.45, 7) is -0.541. The van der Waals surface area contributed by atoms with Gasteiger partial charge in [0.2, 0.25) is 0 Å². The highest BCUT2D eigenvalue weighted by Gasteiger charge is 2.43. The predicted octanol–water partition coefficient (Wildman–Crippen LogP) is -0.585. The minimum absolute atomic E-state index is 0.541. The summed E-state index contributed by atoms with van der Waals surface area (Å²) >= 11 is 0. The van der Waals surface area contributed by atoms with E-state index in [9.17, 15) is 10.2 Å². The molecule has 0 aromatic rings. The van der Waals surface area contributed by atoms with Crippen molar-refractivity contribution in [1.82, 2.24) is 0 Å². The SMILES string of the molecule is [N-]=[N+]=N[C@H]1[C@H](O)[C@H](N=[N+]=[N-])C(O)O[C@@H]1CO. The summed E-state index contributed by atoms with van der Waals surface area (Å²) in [6, 6.07) is -2.39. The Morgan fingerprint density at radius 3 is 2.19 bits per heavy atom. The highest BCUT2D eigenvalue weighted by Crippen LogP contribution is 2.24. The van der Waals surface area contributed by atoms with Crippen LogP contribution in [0.5, 0.6) is 0 Å². The van der Waals surface area contributed by atoms with Gasteiger partial charge in [-0.05, 0) is 11.1 Å². The molecule has 0 aromatic heterocycles. The fraction of sp³-hybridized carbons (Fsp3) is 1.00. The first-order valence-electron chi connectivity index (χ1n) is 4.36. The van der Waals surface area contributed by atoms with Gasteiger partial charge in [0, 0.05) is 9.82 Å². The normalized spacial score (nSPS) is 38.3. The number of hydrogen-bond donors (Lipinski definition) is 3. The average molecular weight is 230 g/mol. The predicted molar refractivity (Wildman–Crippen MR) is 49.8 cm³/mol. The van der Waals surface area contributed by atoms with Gasteiger partial charge >= 0.3 is 0 Å². The van der Waals surface area contributed by atoms with Crippen molar-refractivity contribution in [3.8, 4) is 0 Å². The summed E-state index contributed by atoms with van der Waals surface area (Å²) in [5, 5.41) is 34.3. The van der Waals surface area contributed by atoms with Crippen LogP contribution < -0.4 is 0 Å². The maximum atomic E-state index is 9.68. The second-order valence-electron chi connectivity index (χ2n) is 3.13. The van der Waals surface area contributed by atoms with Gasteiger partial charge in [-0.3, -0.25) is 0 Å². The van der Waals surface area contributed by atoms with E-state index in [0.29, 0.717) is 0 Å². The van der Waals surface area contributed by atoms with Gasteiger partial charge < -0.3 is 20.1 Å². The molecular formula is C6H10N6O4. The number of hydrogen-bond acceptors (Lipinski definition) is 6. The molecule has 1 fully saturated rings. The van der Waals surface area contributed by atoms with E-state index in [1.54, 1.807) is 0 Å². The standard InChI is InChI=1S/C6H10N6O4/c7-11-9-3-2(1-13)16-6(15)4(5(3)14)10-12-8/h2-6,13-15H,1H2/t2-,3-,4+,5+,6?/m1/s1. The van der Waals surface area contributed by atoms with Gasteiger partial charge in [-0.1, -0.05) is 10.2 Å². The summed E-state index contributed by atoms with van der Waals surface area (Å²) in [5.41, 5.74) is 16.5.